The third kappa shape index (κ3) is 4.95. The largest absolute Gasteiger partial charge is 0.466 e. The number of halogens is 1. The van der Waals surface area contributed by atoms with Crippen molar-refractivity contribution in [2.45, 2.75) is 27.2 Å². The van der Waals surface area contributed by atoms with E-state index in [-0.39, 0.29) is 37.4 Å². The van der Waals surface area contributed by atoms with E-state index in [9.17, 15) is 19.2 Å². The van der Waals surface area contributed by atoms with Crippen molar-refractivity contribution in [2.75, 3.05) is 24.6 Å². The van der Waals surface area contributed by atoms with Gasteiger partial charge in [0.2, 0.25) is 0 Å². The smallest absolute Gasteiger partial charge is 0.307 e. The quantitative estimate of drug-likeness (QED) is 0.333. The second-order valence-electron chi connectivity index (χ2n) is 7.30. The van der Waals surface area contributed by atoms with E-state index in [2.05, 4.69) is 22.6 Å². The maximum absolute atomic E-state index is 13.4. The fourth-order valence-corrected chi connectivity index (χ4v) is 4.01. The Hall–Kier alpha value is -2.75. The molecule has 1 aliphatic heterocycles. The molecule has 162 valence electrons. The summed E-state index contributed by atoms with van der Waals surface area (Å²) in [6.07, 6.45) is -0.0306. The van der Waals surface area contributed by atoms with Crippen molar-refractivity contribution in [1.82, 2.24) is 4.90 Å². The maximum Gasteiger partial charge on any atom is 0.307 e. The Morgan fingerprint density at radius 1 is 1.10 bits per heavy atom. The fraction of sp³-hybridized carbons (Fsp3) is 0.304. The first kappa shape index (κ1) is 22.9. The van der Waals surface area contributed by atoms with Gasteiger partial charge in [0, 0.05) is 15.7 Å². The molecule has 0 unspecified atom stereocenters. The fourth-order valence-electron chi connectivity index (χ4n) is 3.52. The van der Waals surface area contributed by atoms with E-state index in [0.29, 0.717) is 5.56 Å². The highest BCUT2D eigenvalue weighted by Crippen LogP contribution is 2.29. The number of hydrogen-bond donors (Lipinski definition) is 0. The van der Waals surface area contributed by atoms with E-state index < -0.39 is 23.7 Å². The molecule has 0 saturated carbocycles. The van der Waals surface area contributed by atoms with Gasteiger partial charge in [-0.15, -0.1) is 0 Å². The summed E-state index contributed by atoms with van der Waals surface area (Å²) >= 11 is 2.08. The second-order valence-corrected chi connectivity index (χ2v) is 8.54. The predicted molar refractivity (Wildman–Crippen MR) is 124 cm³/mol. The Bertz CT molecular complexity index is 1070. The molecule has 0 aromatic heterocycles. The molecule has 2 aromatic rings. The van der Waals surface area contributed by atoms with Gasteiger partial charge in [-0.25, -0.2) is 4.90 Å². The van der Waals surface area contributed by atoms with Gasteiger partial charge in [0.25, 0.3) is 17.7 Å². The van der Waals surface area contributed by atoms with Gasteiger partial charge in [-0.3, -0.25) is 19.2 Å². The van der Waals surface area contributed by atoms with Crippen molar-refractivity contribution in [3.8, 4) is 0 Å². The molecule has 0 aliphatic carbocycles. The molecule has 1 heterocycles. The number of nitrogens with zero attached hydrogens (tertiary/aromatic N) is 2. The third-order valence-electron chi connectivity index (χ3n) is 5.00. The maximum atomic E-state index is 13.4. The van der Waals surface area contributed by atoms with Gasteiger partial charge in [-0.1, -0.05) is 17.7 Å². The highest BCUT2D eigenvalue weighted by Gasteiger charge is 2.36. The van der Waals surface area contributed by atoms with Crippen molar-refractivity contribution in [3.63, 3.8) is 0 Å². The SMILES string of the molecule is CCOC(=O)CCN1CC(=O)N(C(=O)c2ccc(C)cc2C)c2ccc(I)cc2C1=O. The molecule has 0 fully saturated rings. The number of ether oxygens (including phenoxy) is 1. The summed E-state index contributed by atoms with van der Waals surface area (Å²) in [4.78, 5) is 53.9. The number of rotatable bonds is 5. The summed E-state index contributed by atoms with van der Waals surface area (Å²) in [5.41, 5.74) is 2.65. The number of imide groups is 1. The van der Waals surface area contributed by atoms with Crippen LogP contribution in [-0.2, 0) is 14.3 Å². The highest BCUT2D eigenvalue weighted by atomic mass is 127. The van der Waals surface area contributed by atoms with Crippen LogP contribution in [0.2, 0.25) is 0 Å². The lowest BCUT2D eigenvalue weighted by atomic mass is 10.0. The molecule has 0 spiro atoms. The first-order valence-corrected chi connectivity index (χ1v) is 11.0. The van der Waals surface area contributed by atoms with Crippen LogP contribution in [-0.4, -0.2) is 48.3 Å². The van der Waals surface area contributed by atoms with Crippen LogP contribution in [0.15, 0.2) is 36.4 Å². The number of carbonyl (C=O) groups excluding carboxylic acids is 4. The molecule has 0 radical (unpaired) electrons. The summed E-state index contributed by atoms with van der Waals surface area (Å²) in [6, 6.07) is 10.4. The first-order chi connectivity index (χ1) is 14.7. The van der Waals surface area contributed by atoms with Crippen molar-refractivity contribution < 1.29 is 23.9 Å². The zero-order chi connectivity index (χ0) is 22.7. The van der Waals surface area contributed by atoms with Gasteiger partial charge in [0.15, 0.2) is 0 Å². The summed E-state index contributed by atoms with van der Waals surface area (Å²) in [6.45, 7) is 5.40. The van der Waals surface area contributed by atoms with Gasteiger partial charge in [-0.2, -0.15) is 0 Å². The molecule has 3 rings (SSSR count). The highest BCUT2D eigenvalue weighted by molar-refractivity contribution is 14.1. The van der Waals surface area contributed by atoms with E-state index in [4.69, 9.17) is 4.74 Å². The Balaban J connectivity index is 2.01. The standard InChI is InChI=1S/C23H23IN2O5/c1-4-31-21(28)9-10-25-13-20(27)26(19-8-6-16(24)12-18(19)22(25)29)23(30)17-7-5-14(2)11-15(17)3/h5-8,11-12H,4,9-10,13H2,1-3H3. The summed E-state index contributed by atoms with van der Waals surface area (Å²) < 4.78 is 5.72. The van der Waals surface area contributed by atoms with Gasteiger partial charge in [-0.05, 0) is 73.2 Å². The lowest BCUT2D eigenvalue weighted by Crippen LogP contribution is -2.43. The van der Waals surface area contributed by atoms with Crippen molar-refractivity contribution >= 4 is 52.0 Å². The third-order valence-corrected chi connectivity index (χ3v) is 5.67. The van der Waals surface area contributed by atoms with Crippen LogP contribution in [0.25, 0.3) is 0 Å². The molecule has 7 nitrogen and oxygen atoms in total. The zero-order valence-corrected chi connectivity index (χ0v) is 19.8. The number of amides is 3. The number of fused-ring (bicyclic) bond motifs is 1. The lowest BCUT2D eigenvalue weighted by molar-refractivity contribution is -0.143. The molecule has 1 aliphatic rings. The monoisotopic (exact) mass is 534 g/mol. The van der Waals surface area contributed by atoms with Crippen LogP contribution in [0.4, 0.5) is 5.69 Å². The number of hydrogen-bond acceptors (Lipinski definition) is 5. The molecule has 0 N–H and O–H groups in total. The average molecular weight is 534 g/mol. The van der Waals surface area contributed by atoms with E-state index in [0.717, 1.165) is 19.6 Å². The number of aryl methyl sites for hydroxylation is 2. The van der Waals surface area contributed by atoms with Crippen LogP contribution in [0, 0.1) is 17.4 Å². The van der Waals surface area contributed by atoms with Crippen molar-refractivity contribution in [2.24, 2.45) is 0 Å². The number of anilines is 1. The second kappa shape index (κ2) is 9.59. The Kier molecular flexibility index (Phi) is 7.09. The van der Waals surface area contributed by atoms with Gasteiger partial charge >= 0.3 is 5.97 Å². The Labute approximate surface area is 194 Å². The van der Waals surface area contributed by atoms with Crippen molar-refractivity contribution in [1.29, 1.82) is 0 Å². The van der Waals surface area contributed by atoms with E-state index in [1.54, 1.807) is 31.2 Å². The van der Waals surface area contributed by atoms with Crippen LogP contribution < -0.4 is 4.90 Å². The minimum Gasteiger partial charge on any atom is -0.466 e. The molecule has 2 aromatic carbocycles. The van der Waals surface area contributed by atoms with Crippen LogP contribution in [0.1, 0.15) is 45.2 Å². The normalized spacial score (nSPS) is 13.7. The molecular formula is C23H23IN2O5. The van der Waals surface area contributed by atoms with E-state index in [1.165, 1.54) is 4.90 Å². The van der Waals surface area contributed by atoms with Crippen molar-refractivity contribution in [3.05, 3.63) is 62.2 Å². The van der Waals surface area contributed by atoms with Crippen LogP contribution in [0.5, 0.6) is 0 Å². The Morgan fingerprint density at radius 2 is 1.84 bits per heavy atom. The van der Waals surface area contributed by atoms with Crippen LogP contribution in [0.3, 0.4) is 0 Å². The van der Waals surface area contributed by atoms with E-state index >= 15 is 0 Å². The summed E-state index contributed by atoms with van der Waals surface area (Å²) in [5.74, 6) is -1.85. The summed E-state index contributed by atoms with van der Waals surface area (Å²) in [5, 5.41) is 0. The minimum atomic E-state index is -0.526. The van der Waals surface area contributed by atoms with Gasteiger partial charge < -0.3 is 9.64 Å². The molecule has 3 amide bonds. The molecule has 0 saturated heterocycles. The first-order valence-electron chi connectivity index (χ1n) is 9.92. The average Bonchev–Trinajstić information content (AvgIpc) is 2.81. The zero-order valence-electron chi connectivity index (χ0n) is 17.6. The van der Waals surface area contributed by atoms with Gasteiger partial charge in [0.1, 0.15) is 6.54 Å². The molecule has 31 heavy (non-hydrogen) atoms. The number of benzene rings is 2. The topological polar surface area (TPSA) is 84.0 Å². The molecular weight excluding hydrogens is 511 g/mol. The van der Waals surface area contributed by atoms with Gasteiger partial charge in [0.05, 0.1) is 24.3 Å². The number of esters is 1. The van der Waals surface area contributed by atoms with Crippen LogP contribution >= 0.6 is 22.6 Å². The predicted octanol–water partition coefficient (Wildman–Crippen LogP) is 3.49. The molecule has 0 atom stereocenters. The lowest BCUT2D eigenvalue weighted by Gasteiger charge is -2.22. The minimum absolute atomic E-state index is 0.0277. The van der Waals surface area contributed by atoms with E-state index in [1.807, 2.05) is 26.0 Å². The number of carbonyl (C=O) groups is 4. The molecule has 0 bridgehead atoms. The molecule has 8 heteroatoms. The summed E-state index contributed by atoms with van der Waals surface area (Å²) in [7, 11) is 0. The Morgan fingerprint density at radius 3 is 2.52 bits per heavy atom.